The molecular formula is C19H23N3O3. The van der Waals surface area contributed by atoms with Gasteiger partial charge in [0, 0.05) is 44.0 Å². The Hall–Kier alpha value is -2.44. The second kappa shape index (κ2) is 8.09. The number of nitro groups is 1. The third-order valence-corrected chi connectivity index (χ3v) is 4.38. The highest BCUT2D eigenvalue weighted by Crippen LogP contribution is 2.23. The van der Waals surface area contributed by atoms with E-state index in [1.807, 2.05) is 12.1 Å². The lowest BCUT2D eigenvalue weighted by atomic mass is 10.1. The largest absolute Gasteiger partial charge is 0.378 e. The molecular weight excluding hydrogens is 318 g/mol. The molecule has 132 valence electrons. The third kappa shape index (κ3) is 4.55. The number of rotatable bonds is 6. The highest BCUT2D eigenvalue weighted by molar-refractivity contribution is 5.54. The number of anilines is 1. The van der Waals surface area contributed by atoms with E-state index >= 15 is 0 Å². The third-order valence-electron chi connectivity index (χ3n) is 4.38. The van der Waals surface area contributed by atoms with Gasteiger partial charge in [-0.15, -0.1) is 0 Å². The van der Waals surface area contributed by atoms with Crippen molar-refractivity contribution in [1.82, 2.24) is 4.90 Å². The standard InChI is InChI=1S/C19H23N3O3/c1-20(14-16-6-8-18(9-7-16)22(23)24)15-17-4-2-3-5-19(17)21-10-12-25-13-11-21/h2-9H,10-15H2,1H3. The van der Waals surface area contributed by atoms with Gasteiger partial charge in [-0.2, -0.15) is 0 Å². The van der Waals surface area contributed by atoms with Gasteiger partial charge in [0.15, 0.2) is 0 Å². The Kier molecular flexibility index (Phi) is 5.63. The molecule has 6 nitrogen and oxygen atoms in total. The maximum Gasteiger partial charge on any atom is 0.269 e. The van der Waals surface area contributed by atoms with Crippen LogP contribution in [0.5, 0.6) is 0 Å². The van der Waals surface area contributed by atoms with Crippen molar-refractivity contribution in [3.05, 3.63) is 69.8 Å². The Bertz CT molecular complexity index is 712. The first-order valence-electron chi connectivity index (χ1n) is 8.46. The smallest absolute Gasteiger partial charge is 0.269 e. The van der Waals surface area contributed by atoms with Crippen LogP contribution in [-0.4, -0.2) is 43.2 Å². The first-order valence-corrected chi connectivity index (χ1v) is 8.46. The first-order chi connectivity index (χ1) is 12.1. The van der Waals surface area contributed by atoms with Crippen molar-refractivity contribution in [3.63, 3.8) is 0 Å². The molecule has 6 heteroatoms. The van der Waals surface area contributed by atoms with Crippen LogP contribution in [0.3, 0.4) is 0 Å². The monoisotopic (exact) mass is 341 g/mol. The number of hydrogen-bond donors (Lipinski definition) is 0. The van der Waals surface area contributed by atoms with Crippen molar-refractivity contribution in [3.8, 4) is 0 Å². The maximum atomic E-state index is 10.7. The summed E-state index contributed by atoms with van der Waals surface area (Å²) in [5, 5.41) is 10.7. The van der Waals surface area contributed by atoms with Gasteiger partial charge >= 0.3 is 0 Å². The van der Waals surface area contributed by atoms with Crippen LogP contribution in [0.2, 0.25) is 0 Å². The summed E-state index contributed by atoms with van der Waals surface area (Å²) >= 11 is 0. The van der Waals surface area contributed by atoms with Gasteiger partial charge in [-0.25, -0.2) is 0 Å². The van der Waals surface area contributed by atoms with Crippen molar-refractivity contribution in [1.29, 1.82) is 0 Å². The first kappa shape index (κ1) is 17.4. The molecule has 3 rings (SSSR count). The zero-order chi connectivity index (χ0) is 17.6. The molecule has 0 aromatic heterocycles. The summed E-state index contributed by atoms with van der Waals surface area (Å²) < 4.78 is 5.45. The van der Waals surface area contributed by atoms with Crippen molar-refractivity contribution in [2.75, 3.05) is 38.3 Å². The molecule has 1 saturated heterocycles. The zero-order valence-corrected chi connectivity index (χ0v) is 14.4. The van der Waals surface area contributed by atoms with Crippen molar-refractivity contribution >= 4 is 11.4 Å². The number of benzene rings is 2. The number of nitro benzene ring substituents is 1. The number of hydrogen-bond acceptors (Lipinski definition) is 5. The molecule has 1 heterocycles. The summed E-state index contributed by atoms with van der Waals surface area (Å²) in [7, 11) is 2.07. The van der Waals surface area contributed by atoms with E-state index in [4.69, 9.17) is 4.74 Å². The van der Waals surface area contributed by atoms with Crippen LogP contribution >= 0.6 is 0 Å². The van der Waals surface area contributed by atoms with Gasteiger partial charge in [-0.05, 0) is 24.2 Å². The van der Waals surface area contributed by atoms with Gasteiger partial charge in [-0.3, -0.25) is 15.0 Å². The predicted octanol–water partition coefficient (Wildman–Crippen LogP) is 3.06. The molecule has 1 aliphatic rings. The van der Waals surface area contributed by atoms with E-state index in [-0.39, 0.29) is 10.6 Å². The zero-order valence-electron chi connectivity index (χ0n) is 14.4. The van der Waals surface area contributed by atoms with E-state index in [9.17, 15) is 10.1 Å². The van der Waals surface area contributed by atoms with Crippen LogP contribution in [-0.2, 0) is 17.8 Å². The van der Waals surface area contributed by atoms with E-state index in [1.54, 1.807) is 12.1 Å². The van der Waals surface area contributed by atoms with E-state index in [2.05, 4.69) is 41.1 Å². The van der Waals surface area contributed by atoms with Crippen molar-refractivity contribution in [2.45, 2.75) is 13.1 Å². The summed E-state index contributed by atoms with van der Waals surface area (Å²) in [6, 6.07) is 15.2. The minimum atomic E-state index is -0.369. The summed E-state index contributed by atoms with van der Waals surface area (Å²) in [6.45, 7) is 4.95. The number of nitrogens with zero attached hydrogens (tertiary/aromatic N) is 3. The van der Waals surface area contributed by atoms with Gasteiger partial charge < -0.3 is 9.64 Å². The van der Waals surface area contributed by atoms with Crippen LogP contribution in [0.4, 0.5) is 11.4 Å². The number of ether oxygens (including phenoxy) is 1. The van der Waals surface area contributed by atoms with Crippen LogP contribution in [0.1, 0.15) is 11.1 Å². The second-order valence-electron chi connectivity index (χ2n) is 6.32. The fourth-order valence-corrected chi connectivity index (χ4v) is 3.14. The predicted molar refractivity (Wildman–Crippen MR) is 97.7 cm³/mol. The van der Waals surface area contributed by atoms with Gasteiger partial charge in [0.05, 0.1) is 18.1 Å². The molecule has 0 bridgehead atoms. The van der Waals surface area contributed by atoms with Crippen molar-refractivity contribution in [2.24, 2.45) is 0 Å². The molecule has 2 aromatic carbocycles. The summed E-state index contributed by atoms with van der Waals surface area (Å²) in [5.41, 5.74) is 3.75. The number of para-hydroxylation sites is 1. The van der Waals surface area contributed by atoms with Gasteiger partial charge in [0.1, 0.15) is 0 Å². The molecule has 2 aromatic rings. The molecule has 1 aliphatic heterocycles. The molecule has 25 heavy (non-hydrogen) atoms. The fraction of sp³-hybridized carbons (Fsp3) is 0.368. The van der Waals surface area contributed by atoms with Gasteiger partial charge in [-0.1, -0.05) is 30.3 Å². The quantitative estimate of drug-likeness (QED) is 0.597. The Morgan fingerprint density at radius 1 is 1.08 bits per heavy atom. The van der Waals surface area contributed by atoms with Crippen LogP contribution in [0.15, 0.2) is 48.5 Å². The summed E-state index contributed by atoms with van der Waals surface area (Å²) in [4.78, 5) is 15.0. The van der Waals surface area contributed by atoms with Crippen LogP contribution in [0, 0.1) is 10.1 Å². The number of non-ortho nitro benzene ring substituents is 1. The van der Waals surface area contributed by atoms with Crippen molar-refractivity contribution < 1.29 is 9.66 Å². The lowest BCUT2D eigenvalue weighted by molar-refractivity contribution is -0.384. The average Bonchev–Trinajstić information content (AvgIpc) is 2.63. The van der Waals surface area contributed by atoms with E-state index in [0.717, 1.165) is 45.0 Å². The Morgan fingerprint density at radius 3 is 2.44 bits per heavy atom. The SMILES string of the molecule is CN(Cc1ccc([N+](=O)[O-])cc1)Cc1ccccc1N1CCOCC1. The molecule has 0 aliphatic carbocycles. The maximum absolute atomic E-state index is 10.7. The second-order valence-corrected chi connectivity index (χ2v) is 6.32. The molecule has 0 unspecified atom stereocenters. The average molecular weight is 341 g/mol. The van der Waals surface area contributed by atoms with E-state index < -0.39 is 0 Å². The Morgan fingerprint density at radius 2 is 1.76 bits per heavy atom. The minimum absolute atomic E-state index is 0.129. The minimum Gasteiger partial charge on any atom is -0.378 e. The molecule has 1 fully saturated rings. The van der Waals surface area contributed by atoms with Gasteiger partial charge in [0.2, 0.25) is 0 Å². The molecule has 0 amide bonds. The summed E-state index contributed by atoms with van der Waals surface area (Å²) in [5.74, 6) is 0. The molecule has 0 N–H and O–H groups in total. The molecule has 0 atom stereocenters. The van der Waals surface area contributed by atoms with E-state index in [1.165, 1.54) is 11.3 Å². The highest BCUT2D eigenvalue weighted by atomic mass is 16.6. The van der Waals surface area contributed by atoms with E-state index in [0.29, 0.717) is 0 Å². The molecule has 0 spiro atoms. The summed E-state index contributed by atoms with van der Waals surface area (Å²) in [6.07, 6.45) is 0. The molecule has 0 saturated carbocycles. The molecule has 0 radical (unpaired) electrons. The van der Waals surface area contributed by atoms with Crippen LogP contribution < -0.4 is 4.90 Å². The Balaban J connectivity index is 1.66. The Labute approximate surface area is 147 Å². The van der Waals surface area contributed by atoms with Crippen LogP contribution in [0.25, 0.3) is 0 Å². The van der Waals surface area contributed by atoms with Gasteiger partial charge in [0.25, 0.3) is 5.69 Å². The normalized spacial score (nSPS) is 14.7. The number of morpholine rings is 1. The highest BCUT2D eigenvalue weighted by Gasteiger charge is 2.15. The fourth-order valence-electron chi connectivity index (χ4n) is 3.14. The topological polar surface area (TPSA) is 58.8 Å². The lowest BCUT2D eigenvalue weighted by Crippen LogP contribution is -2.37. The lowest BCUT2D eigenvalue weighted by Gasteiger charge is -2.31.